The SMILES string of the molecule is CSc1ccc(C(CC(=O)O)Cc2nc(CCCc3ccc4c(n3)NCCC4)no2)cc1.O=C(O)C(F)(F)F. The molecule has 0 bridgehead atoms. The summed E-state index contributed by atoms with van der Waals surface area (Å²) in [4.78, 5) is 30.7. The molecule has 0 fully saturated rings. The number of carboxylic acid groups (broad SMARTS) is 2. The van der Waals surface area contributed by atoms with E-state index in [0.717, 1.165) is 54.2 Å². The maximum Gasteiger partial charge on any atom is 0.490 e. The van der Waals surface area contributed by atoms with Gasteiger partial charge in [-0.05, 0) is 61.3 Å². The highest BCUT2D eigenvalue weighted by Gasteiger charge is 2.38. The van der Waals surface area contributed by atoms with Crippen LogP contribution >= 0.6 is 11.8 Å². The number of fused-ring (bicyclic) bond motifs is 1. The number of thioether (sulfide) groups is 1. The van der Waals surface area contributed by atoms with E-state index in [2.05, 4.69) is 27.6 Å². The molecule has 3 aromatic rings. The molecule has 1 unspecified atom stereocenters. The first-order valence-corrected chi connectivity index (χ1v) is 13.5. The van der Waals surface area contributed by atoms with Crippen LogP contribution in [-0.2, 0) is 35.3 Å². The summed E-state index contributed by atoms with van der Waals surface area (Å²) < 4.78 is 37.2. The van der Waals surface area contributed by atoms with E-state index in [1.165, 1.54) is 5.56 Å². The van der Waals surface area contributed by atoms with Crippen molar-refractivity contribution in [3.8, 4) is 0 Å². The predicted molar refractivity (Wildman–Crippen MR) is 138 cm³/mol. The quantitative estimate of drug-likeness (QED) is 0.282. The van der Waals surface area contributed by atoms with Crippen molar-refractivity contribution in [2.24, 2.45) is 0 Å². The second kappa shape index (κ2) is 14.0. The number of carbonyl (C=O) groups is 2. The van der Waals surface area contributed by atoms with Crippen LogP contribution in [0.2, 0.25) is 0 Å². The molecule has 2 aromatic heterocycles. The first-order chi connectivity index (χ1) is 18.5. The topological polar surface area (TPSA) is 138 Å². The minimum Gasteiger partial charge on any atom is -0.481 e. The molecule has 3 heterocycles. The predicted octanol–water partition coefficient (Wildman–Crippen LogP) is 5.15. The molecule has 0 radical (unpaired) electrons. The monoisotopic (exact) mass is 566 g/mol. The fourth-order valence-electron chi connectivity index (χ4n) is 4.02. The Morgan fingerprint density at radius 3 is 2.46 bits per heavy atom. The summed E-state index contributed by atoms with van der Waals surface area (Å²) >= 11 is 1.66. The van der Waals surface area contributed by atoms with Gasteiger partial charge in [0.1, 0.15) is 5.82 Å². The second-order valence-corrected chi connectivity index (χ2v) is 9.75. The fraction of sp³-hybridized carbons (Fsp3) is 0.423. The zero-order chi connectivity index (χ0) is 28.4. The molecule has 4 rings (SSSR count). The number of aliphatic carboxylic acids is 2. The summed E-state index contributed by atoms with van der Waals surface area (Å²) in [6.45, 7) is 0.986. The Bertz CT molecular complexity index is 1250. The van der Waals surface area contributed by atoms with E-state index in [0.29, 0.717) is 24.6 Å². The number of aryl methyl sites for hydroxylation is 3. The highest BCUT2D eigenvalue weighted by atomic mass is 32.2. The van der Waals surface area contributed by atoms with Gasteiger partial charge in [-0.25, -0.2) is 9.78 Å². The molecule has 0 amide bonds. The minimum absolute atomic E-state index is 0.0222. The van der Waals surface area contributed by atoms with E-state index in [9.17, 15) is 23.1 Å². The van der Waals surface area contributed by atoms with Crippen molar-refractivity contribution in [1.82, 2.24) is 15.1 Å². The van der Waals surface area contributed by atoms with E-state index in [1.54, 1.807) is 11.8 Å². The molecular formula is C26H29F3N4O5S. The van der Waals surface area contributed by atoms with Gasteiger partial charge in [0.2, 0.25) is 5.89 Å². The van der Waals surface area contributed by atoms with Crippen LogP contribution in [0.1, 0.15) is 53.7 Å². The molecule has 0 saturated heterocycles. The van der Waals surface area contributed by atoms with Gasteiger partial charge in [-0.2, -0.15) is 18.2 Å². The number of nitrogens with zero attached hydrogens (tertiary/aromatic N) is 3. The number of hydrogen-bond acceptors (Lipinski definition) is 8. The Labute approximate surface area is 227 Å². The van der Waals surface area contributed by atoms with Crippen molar-refractivity contribution >= 4 is 29.5 Å². The smallest absolute Gasteiger partial charge is 0.481 e. The summed E-state index contributed by atoms with van der Waals surface area (Å²) in [5.41, 5.74) is 3.33. The number of anilines is 1. The normalized spacial score (nSPS) is 13.4. The first-order valence-electron chi connectivity index (χ1n) is 12.2. The van der Waals surface area contributed by atoms with Crippen LogP contribution in [0, 0.1) is 0 Å². The number of rotatable bonds is 10. The lowest BCUT2D eigenvalue weighted by atomic mass is 9.92. The molecule has 0 aliphatic carbocycles. The third-order valence-electron chi connectivity index (χ3n) is 5.97. The van der Waals surface area contributed by atoms with Gasteiger partial charge in [0.15, 0.2) is 5.82 Å². The molecule has 0 spiro atoms. The maximum absolute atomic E-state index is 11.4. The summed E-state index contributed by atoms with van der Waals surface area (Å²) in [6.07, 6.45) is 2.03. The molecule has 1 aliphatic rings. The fourth-order valence-corrected chi connectivity index (χ4v) is 4.42. The van der Waals surface area contributed by atoms with Crippen LogP contribution < -0.4 is 5.32 Å². The Balaban J connectivity index is 0.000000532. The number of halogens is 3. The largest absolute Gasteiger partial charge is 0.490 e. The van der Waals surface area contributed by atoms with Crippen LogP contribution in [0.3, 0.4) is 0 Å². The Morgan fingerprint density at radius 2 is 1.82 bits per heavy atom. The van der Waals surface area contributed by atoms with E-state index in [1.807, 2.05) is 30.5 Å². The molecular weight excluding hydrogens is 537 g/mol. The second-order valence-electron chi connectivity index (χ2n) is 8.87. The minimum atomic E-state index is -5.08. The molecule has 0 saturated carbocycles. The van der Waals surface area contributed by atoms with Crippen LogP contribution in [0.15, 0.2) is 45.8 Å². The number of aromatic nitrogens is 3. The van der Waals surface area contributed by atoms with Gasteiger partial charge < -0.3 is 20.1 Å². The molecule has 1 aliphatic heterocycles. The van der Waals surface area contributed by atoms with Gasteiger partial charge in [0.05, 0.1) is 6.42 Å². The molecule has 13 heteroatoms. The lowest BCUT2D eigenvalue weighted by Crippen LogP contribution is -2.21. The van der Waals surface area contributed by atoms with Gasteiger partial charge in [-0.3, -0.25) is 4.79 Å². The zero-order valence-corrected chi connectivity index (χ0v) is 22.0. The number of hydrogen-bond donors (Lipinski definition) is 3. The van der Waals surface area contributed by atoms with Crippen molar-refractivity contribution in [3.63, 3.8) is 0 Å². The maximum atomic E-state index is 11.4. The average molecular weight is 567 g/mol. The van der Waals surface area contributed by atoms with E-state index in [-0.39, 0.29) is 12.3 Å². The Hall–Kier alpha value is -3.61. The number of benzene rings is 1. The van der Waals surface area contributed by atoms with Gasteiger partial charge in [0, 0.05) is 35.9 Å². The van der Waals surface area contributed by atoms with E-state index >= 15 is 0 Å². The molecule has 9 nitrogen and oxygen atoms in total. The van der Waals surface area contributed by atoms with Crippen LogP contribution in [0.25, 0.3) is 0 Å². The lowest BCUT2D eigenvalue weighted by molar-refractivity contribution is -0.192. The van der Waals surface area contributed by atoms with Crippen molar-refractivity contribution in [2.75, 3.05) is 18.1 Å². The van der Waals surface area contributed by atoms with Crippen LogP contribution in [0.4, 0.5) is 19.0 Å². The van der Waals surface area contributed by atoms with Crippen molar-refractivity contribution < 1.29 is 37.5 Å². The standard InChI is InChI=1S/C24H28N4O3S.C2HF3O2/c1-32-20-11-8-16(9-12-20)18(15-23(29)30)14-22-27-21(28-31-22)6-2-5-19-10-7-17-4-3-13-25-24(17)26-19;3-2(4,5)1(6)7/h7-12,18H,2-6,13-15H2,1H3,(H,25,26)(H,29,30);(H,6,7). The van der Waals surface area contributed by atoms with Crippen molar-refractivity contribution in [3.05, 3.63) is 64.9 Å². The molecule has 3 N–H and O–H groups in total. The van der Waals surface area contributed by atoms with Crippen molar-refractivity contribution in [2.45, 2.75) is 61.9 Å². The third kappa shape index (κ3) is 9.57. The van der Waals surface area contributed by atoms with E-state index < -0.39 is 18.1 Å². The van der Waals surface area contributed by atoms with Gasteiger partial charge in [0.25, 0.3) is 0 Å². The van der Waals surface area contributed by atoms with Gasteiger partial charge in [-0.15, -0.1) is 11.8 Å². The third-order valence-corrected chi connectivity index (χ3v) is 6.71. The van der Waals surface area contributed by atoms with Crippen LogP contribution in [0.5, 0.6) is 0 Å². The molecule has 210 valence electrons. The first kappa shape index (κ1) is 29.9. The highest BCUT2D eigenvalue weighted by Crippen LogP contribution is 2.26. The zero-order valence-electron chi connectivity index (χ0n) is 21.2. The molecule has 1 atom stereocenters. The summed E-state index contributed by atoms with van der Waals surface area (Å²) in [5, 5.41) is 23.9. The highest BCUT2D eigenvalue weighted by molar-refractivity contribution is 7.98. The van der Waals surface area contributed by atoms with Crippen molar-refractivity contribution in [1.29, 1.82) is 0 Å². The number of nitrogens with one attached hydrogen (secondary N) is 1. The molecule has 1 aromatic carbocycles. The van der Waals surface area contributed by atoms with Gasteiger partial charge >= 0.3 is 18.1 Å². The van der Waals surface area contributed by atoms with Gasteiger partial charge in [-0.1, -0.05) is 23.4 Å². The Morgan fingerprint density at radius 1 is 1.10 bits per heavy atom. The van der Waals surface area contributed by atoms with E-state index in [4.69, 9.17) is 19.4 Å². The number of alkyl halides is 3. The summed E-state index contributed by atoms with van der Waals surface area (Å²) in [7, 11) is 0. The molecule has 39 heavy (non-hydrogen) atoms. The summed E-state index contributed by atoms with van der Waals surface area (Å²) in [6, 6.07) is 12.3. The number of pyridine rings is 1. The lowest BCUT2D eigenvalue weighted by Gasteiger charge is -2.17. The van der Waals surface area contributed by atoms with Crippen LogP contribution in [-0.4, -0.2) is 56.3 Å². The Kier molecular flexibility index (Phi) is 10.7. The summed E-state index contributed by atoms with van der Waals surface area (Å²) in [5.74, 6) is -1.64. The number of carboxylic acids is 2. The average Bonchev–Trinajstić information content (AvgIpc) is 3.35.